The summed E-state index contributed by atoms with van der Waals surface area (Å²) >= 11 is 0. The summed E-state index contributed by atoms with van der Waals surface area (Å²) in [4.78, 5) is 12.0. The van der Waals surface area contributed by atoms with Crippen LogP contribution in [0.3, 0.4) is 0 Å². The third-order valence-corrected chi connectivity index (χ3v) is 2.88. The molecule has 0 spiro atoms. The number of hydrogen-bond acceptors (Lipinski definition) is 5. The van der Waals surface area contributed by atoms with Crippen LogP contribution in [-0.4, -0.2) is 28.9 Å². The molecule has 1 amide bonds. The number of para-hydroxylation sites is 2. The van der Waals surface area contributed by atoms with E-state index in [0.29, 0.717) is 23.9 Å². The van der Waals surface area contributed by atoms with Crippen molar-refractivity contribution in [3.8, 4) is 17.6 Å². The monoisotopic (exact) mass is 312 g/mol. The minimum absolute atomic E-state index is 0.218. The molecule has 0 atom stereocenters. The molecule has 1 N–H and O–H groups in total. The second-order valence-corrected chi connectivity index (χ2v) is 4.53. The quantitative estimate of drug-likeness (QED) is 0.788. The van der Waals surface area contributed by atoms with E-state index in [0.717, 1.165) is 0 Å². The first-order chi connectivity index (χ1) is 11.2. The molecule has 1 aromatic heterocycles. The molecule has 0 saturated heterocycles. The van der Waals surface area contributed by atoms with Crippen LogP contribution in [0.4, 0.5) is 5.82 Å². The first kappa shape index (κ1) is 16.1. The van der Waals surface area contributed by atoms with Gasteiger partial charge in [0.15, 0.2) is 18.1 Å². The van der Waals surface area contributed by atoms with Gasteiger partial charge in [0.25, 0.3) is 5.91 Å². The van der Waals surface area contributed by atoms with Crippen molar-refractivity contribution in [2.24, 2.45) is 7.05 Å². The summed E-state index contributed by atoms with van der Waals surface area (Å²) in [6.45, 7) is 3.70. The number of nitriles is 1. The van der Waals surface area contributed by atoms with E-state index in [4.69, 9.17) is 14.7 Å². The first-order valence-electron chi connectivity index (χ1n) is 6.83. The molecule has 0 radical (unpaired) electrons. The SMILES string of the molecule is C=CCOc1ccccc1OCC(=O)Nc1c(C#N)cnn1C. The lowest BCUT2D eigenvalue weighted by molar-refractivity contribution is -0.118. The van der Waals surface area contributed by atoms with Crippen LogP contribution in [0.5, 0.6) is 11.5 Å². The molecule has 0 aliphatic rings. The fourth-order valence-electron chi connectivity index (χ4n) is 1.82. The topological polar surface area (TPSA) is 89.2 Å². The molecule has 7 heteroatoms. The van der Waals surface area contributed by atoms with Crippen LogP contribution in [0.15, 0.2) is 43.1 Å². The molecule has 2 rings (SSSR count). The Morgan fingerprint density at radius 3 is 2.78 bits per heavy atom. The average molecular weight is 312 g/mol. The van der Waals surface area contributed by atoms with Gasteiger partial charge in [-0.2, -0.15) is 10.4 Å². The summed E-state index contributed by atoms with van der Waals surface area (Å²) < 4.78 is 12.3. The van der Waals surface area contributed by atoms with Gasteiger partial charge in [-0.05, 0) is 12.1 Å². The predicted molar refractivity (Wildman–Crippen MR) is 84.2 cm³/mol. The van der Waals surface area contributed by atoms with Crippen LogP contribution in [0, 0.1) is 11.3 Å². The van der Waals surface area contributed by atoms with Crippen molar-refractivity contribution in [1.82, 2.24) is 9.78 Å². The second-order valence-electron chi connectivity index (χ2n) is 4.53. The Hall–Kier alpha value is -3.27. The third kappa shape index (κ3) is 4.11. The number of benzene rings is 1. The third-order valence-electron chi connectivity index (χ3n) is 2.88. The molecular formula is C16H16N4O3. The average Bonchev–Trinajstić information content (AvgIpc) is 2.91. The van der Waals surface area contributed by atoms with E-state index < -0.39 is 5.91 Å². The van der Waals surface area contributed by atoms with Crippen LogP contribution >= 0.6 is 0 Å². The zero-order valence-corrected chi connectivity index (χ0v) is 12.7. The summed E-state index contributed by atoms with van der Waals surface area (Å²) in [7, 11) is 1.63. The largest absolute Gasteiger partial charge is 0.486 e. The van der Waals surface area contributed by atoms with E-state index in [1.54, 1.807) is 37.4 Å². The molecule has 0 fully saturated rings. The number of nitrogens with one attached hydrogen (secondary N) is 1. The molecule has 0 bridgehead atoms. The molecule has 1 aromatic carbocycles. The van der Waals surface area contributed by atoms with E-state index in [1.165, 1.54) is 10.9 Å². The van der Waals surface area contributed by atoms with Gasteiger partial charge in [0.2, 0.25) is 0 Å². The smallest absolute Gasteiger partial charge is 0.263 e. The molecule has 23 heavy (non-hydrogen) atoms. The molecule has 118 valence electrons. The van der Waals surface area contributed by atoms with Gasteiger partial charge in [0.1, 0.15) is 24.1 Å². The van der Waals surface area contributed by atoms with Gasteiger partial charge < -0.3 is 14.8 Å². The number of ether oxygens (including phenoxy) is 2. The molecule has 1 heterocycles. The molecule has 0 saturated carbocycles. The minimum Gasteiger partial charge on any atom is -0.486 e. The summed E-state index contributed by atoms with van der Waals surface area (Å²) in [5, 5.41) is 15.5. The van der Waals surface area contributed by atoms with Gasteiger partial charge in [-0.15, -0.1) is 0 Å². The highest BCUT2D eigenvalue weighted by Gasteiger charge is 2.13. The lowest BCUT2D eigenvalue weighted by atomic mass is 10.3. The highest BCUT2D eigenvalue weighted by molar-refractivity contribution is 5.92. The van der Waals surface area contributed by atoms with E-state index >= 15 is 0 Å². The van der Waals surface area contributed by atoms with Gasteiger partial charge >= 0.3 is 0 Å². The Kier molecular flexibility index (Phi) is 5.36. The van der Waals surface area contributed by atoms with Crippen molar-refractivity contribution in [2.45, 2.75) is 0 Å². The molecule has 2 aromatic rings. The maximum absolute atomic E-state index is 12.0. The molecule has 0 unspecified atom stereocenters. The van der Waals surface area contributed by atoms with Gasteiger partial charge in [-0.1, -0.05) is 24.8 Å². The zero-order chi connectivity index (χ0) is 16.7. The summed E-state index contributed by atoms with van der Waals surface area (Å²) in [5.41, 5.74) is 0.288. The van der Waals surface area contributed by atoms with Crippen LogP contribution < -0.4 is 14.8 Å². The molecule has 0 aliphatic carbocycles. The van der Waals surface area contributed by atoms with Gasteiger partial charge in [0.05, 0.1) is 6.20 Å². The summed E-state index contributed by atoms with van der Waals surface area (Å²) in [6.07, 6.45) is 3.00. The Labute approximate surface area is 133 Å². The number of anilines is 1. The van der Waals surface area contributed by atoms with Crippen molar-refractivity contribution in [3.05, 3.63) is 48.7 Å². The lowest BCUT2D eigenvalue weighted by Crippen LogP contribution is -2.22. The molecule has 0 aliphatic heterocycles. The number of nitrogens with zero attached hydrogens (tertiary/aromatic N) is 3. The van der Waals surface area contributed by atoms with Crippen molar-refractivity contribution < 1.29 is 14.3 Å². The highest BCUT2D eigenvalue weighted by Crippen LogP contribution is 2.26. The normalized spacial score (nSPS) is 9.74. The van der Waals surface area contributed by atoms with E-state index in [-0.39, 0.29) is 12.2 Å². The number of hydrogen-bond donors (Lipinski definition) is 1. The van der Waals surface area contributed by atoms with E-state index in [2.05, 4.69) is 17.0 Å². The van der Waals surface area contributed by atoms with E-state index in [1.807, 2.05) is 6.07 Å². The van der Waals surface area contributed by atoms with Crippen molar-refractivity contribution >= 4 is 11.7 Å². The van der Waals surface area contributed by atoms with Crippen molar-refractivity contribution in [3.63, 3.8) is 0 Å². The number of aromatic nitrogens is 2. The number of carbonyl (C=O) groups is 1. The van der Waals surface area contributed by atoms with Gasteiger partial charge in [-0.25, -0.2) is 0 Å². The number of carbonyl (C=O) groups excluding carboxylic acids is 1. The van der Waals surface area contributed by atoms with Gasteiger partial charge in [0, 0.05) is 7.05 Å². The van der Waals surface area contributed by atoms with E-state index in [9.17, 15) is 4.79 Å². The van der Waals surface area contributed by atoms with Crippen LogP contribution in [-0.2, 0) is 11.8 Å². The summed E-state index contributed by atoms with van der Waals surface area (Å²) in [6, 6.07) is 8.99. The van der Waals surface area contributed by atoms with Crippen LogP contribution in [0.1, 0.15) is 5.56 Å². The first-order valence-corrected chi connectivity index (χ1v) is 6.83. The minimum atomic E-state index is -0.399. The zero-order valence-electron chi connectivity index (χ0n) is 12.7. The number of aryl methyl sites for hydroxylation is 1. The highest BCUT2D eigenvalue weighted by atomic mass is 16.5. The lowest BCUT2D eigenvalue weighted by Gasteiger charge is -2.11. The Morgan fingerprint density at radius 2 is 2.13 bits per heavy atom. The number of amides is 1. The maximum atomic E-state index is 12.0. The Balaban J connectivity index is 1.98. The Morgan fingerprint density at radius 1 is 1.43 bits per heavy atom. The maximum Gasteiger partial charge on any atom is 0.263 e. The van der Waals surface area contributed by atoms with Crippen molar-refractivity contribution in [2.75, 3.05) is 18.5 Å². The molecule has 7 nitrogen and oxygen atoms in total. The standard InChI is InChI=1S/C16H16N4O3/c1-3-8-22-13-6-4-5-7-14(13)23-11-15(21)19-16-12(9-17)10-18-20(16)2/h3-7,10H,1,8,11H2,2H3,(H,19,21). The summed E-state index contributed by atoms with van der Waals surface area (Å²) in [5.74, 6) is 0.911. The van der Waals surface area contributed by atoms with Crippen LogP contribution in [0.25, 0.3) is 0 Å². The molecular weight excluding hydrogens is 296 g/mol. The fourth-order valence-corrected chi connectivity index (χ4v) is 1.82. The number of rotatable bonds is 7. The van der Waals surface area contributed by atoms with Crippen molar-refractivity contribution in [1.29, 1.82) is 5.26 Å². The second kappa shape index (κ2) is 7.66. The predicted octanol–water partition coefficient (Wildman–Crippen LogP) is 1.87. The Bertz CT molecular complexity index is 746. The fraction of sp³-hybridized carbons (Fsp3) is 0.188. The van der Waals surface area contributed by atoms with Gasteiger partial charge in [-0.3, -0.25) is 9.48 Å². The van der Waals surface area contributed by atoms with Crippen LogP contribution in [0.2, 0.25) is 0 Å².